The zero-order chi connectivity index (χ0) is 9.23. The van der Waals surface area contributed by atoms with E-state index < -0.39 is 7.32 Å². The van der Waals surface area contributed by atoms with Crippen LogP contribution in [0.4, 0.5) is 0 Å². The molecule has 4 heteroatoms. The van der Waals surface area contributed by atoms with Crippen LogP contribution in [-0.2, 0) is 14.0 Å². The lowest BCUT2D eigenvalue weighted by molar-refractivity contribution is 0.164. The molecule has 0 unspecified atom stereocenters. The molecule has 0 saturated carbocycles. The third-order valence-electron chi connectivity index (χ3n) is 1.17. The lowest BCUT2D eigenvalue weighted by atomic mass is 10.2. The summed E-state index contributed by atoms with van der Waals surface area (Å²) in [5.41, 5.74) is 0. The average Bonchev–Trinajstić information content (AvgIpc) is 2.06. The number of hydrogen-bond acceptors (Lipinski definition) is 3. The summed E-state index contributed by atoms with van der Waals surface area (Å²) >= 11 is 0. The topological polar surface area (TPSA) is 27.7 Å². The second-order valence-corrected chi connectivity index (χ2v) is 2.12. The number of hydrogen-bond donors (Lipinski definition) is 0. The molecule has 0 radical (unpaired) electrons. The lowest BCUT2D eigenvalue weighted by Crippen LogP contribution is -2.23. The van der Waals surface area contributed by atoms with Crippen molar-refractivity contribution in [2.45, 2.75) is 19.8 Å². The monoisotopic (exact) mass is 170 g/mol. The van der Waals surface area contributed by atoms with E-state index >= 15 is 0 Å². The first kappa shape index (κ1) is 11.1. The second kappa shape index (κ2) is 8.20. The molecular formula is C8H15BO3. The van der Waals surface area contributed by atoms with Crippen LogP contribution >= 0.6 is 0 Å². The van der Waals surface area contributed by atoms with Crippen molar-refractivity contribution in [1.29, 1.82) is 0 Å². The van der Waals surface area contributed by atoms with Gasteiger partial charge >= 0.3 is 7.32 Å². The van der Waals surface area contributed by atoms with E-state index in [1.807, 2.05) is 0 Å². The molecular weight excluding hydrogens is 155 g/mol. The Labute approximate surface area is 74.2 Å². The van der Waals surface area contributed by atoms with Gasteiger partial charge in [-0.3, -0.25) is 0 Å². The molecule has 0 aromatic rings. The van der Waals surface area contributed by atoms with Gasteiger partial charge in [-0.1, -0.05) is 26.5 Å². The molecule has 0 aliphatic heterocycles. The molecule has 0 heterocycles. The van der Waals surface area contributed by atoms with Gasteiger partial charge in [0.25, 0.3) is 0 Å². The fourth-order valence-corrected chi connectivity index (χ4v) is 0.592. The van der Waals surface area contributed by atoms with E-state index in [4.69, 9.17) is 14.0 Å². The van der Waals surface area contributed by atoms with Gasteiger partial charge in [0.15, 0.2) is 0 Å². The Morgan fingerprint density at radius 3 is 2.25 bits per heavy atom. The number of unbranched alkanes of at least 4 members (excludes halogenated alkanes) is 1. The maximum absolute atomic E-state index is 5.18. The Morgan fingerprint density at radius 1 is 1.25 bits per heavy atom. The van der Waals surface area contributed by atoms with Crippen molar-refractivity contribution in [1.82, 2.24) is 0 Å². The first-order valence-corrected chi connectivity index (χ1v) is 3.99. The van der Waals surface area contributed by atoms with Gasteiger partial charge < -0.3 is 14.0 Å². The first-order chi connectivity index (χ1) is 5.85. The quantitative estimate of drug-likeness (QED) is 0.317. The molecule has 0 aliphatic rings. The van der Waals surface area contributed by atoms with E-state index in [0.29, 0.717) is 6.61 Å². The van der Waals surface area contributed by atoms with Crippen LogP contribution in [0.25, 0.3) is 0 Å². The van der Waals surface area contributed by atoms with Crippen LogP contribution in [0.3, 0.4) is 0 Å². The summed E-state index contributed by atoms with van der Waals surface area (Å²) in [4.78, 5) is 0. The molecule has 0 atom stereocenters. The average molecular weight is 170 g/mol. The molecule has 0 spiro atoms. The molecule has 0 aromatic carbocycles. The highest BCUT2D eigenvalue weighted by Crippen LogP contribution is 1.96. The summed E-state index contributed by atoms with van der Waals surface area (Å²) in [7, 11) is -0.702. The van der Waals surface area contributed by atoms with E-state index in [-0.39, 0.29) is 0 Å². The molecule has 0 fully saturated rings. The van der Waals surface area contributed by atoms with Gasteiger partial charge in [-0.05, 0) is 6.42 Å². The smallest absolute Gasteiger partial charge is 0.508 e. The van der Waals surface area contributed by atoms with Crippen molar-refractivity contribution in [2.24, 2.45) is 0 Å². The van der Waals surface area contributed by atoms with Gasteiger partial charge in [0.05, 0.1) is 12.5 Å². The largest absolute Gasteiger partial charge is 0.787 e. The van der Waals surface area contributed by atoms with Crippen LogP contribution in [0.2, 0.25) is 0 Å². The van der Waals surface area contributed by atoms with Crippen LogP contribution in [0.15, 0.2) is 25.7 Å². The van der Waals surface area contributed by atoms with Crippen LogP contribution in [0, 0.1) is 0 Å². The molecule has 0 bridgehead atoms. The highest BCUT2D eigenvalue weighted by molar-refractivity contribution is 6.36. The fraction of sp³-hybridized carbons (Fsp3) is 0.500. The summed E-state index contributed by atoms with van der Waals surface area (Å²) in [5, 5.41) is 0. The molecule has 0 rings (SSSR count). The minimum atomic E-state index is -0.702. The highest BCUT2D eigenvalue weighted by Gasteiger charge is 2.21. The summed E-state index contributed by atoms with van der Waals surface area (Å²) in [6.07, 6.45) is 4.62. The highest BCUT2D eigenvalue weighted by atomic mass is 16.7. The van der Waals surface area contributed by atoms with Gasteiger partial charge in [0.2, 0.25) is 0 Å². The summed E-state index contributed by atoms with van der Waals surface area (Å²) in [5.74, 6) is 0. The fourth-order valence-electron chi connectivity index (χ4n) is 0.592. The van der Waals surface area contributed by atoms with Gasteiger partial charge in [0.1, 0.15) is 0 Å². The summed E-state index contributed by atoms with van der Waals surface area (Å²) < 4.78 is 14.9. The third kappa shape index (κ3) is 5.86. The Morgan fingerprint density at radius 2 is 1.83 bits per heavy atom. The zero-order valence-corrected chi connectivity index (χ0v) is 7.49. The van der Waals surface area contributed by atoms with Crippen LogP contribution in [0.1, 0.15) is 19.8 Å². The third-order valence-corrected chi connectivity index (χ3v) is 1.17. The summed E-state index contributed by atoms with van der Waals surface area (Å²) in [6.45, 7) is 9.49. The van der Waals surface area contributed by atoms with E-state index in [0.717, 1.165) is 12.8 Å². The van der Waals surface area contributed by atoms with E-state index in [2.05, 4.69) is 20.1 Å². The summed E-state index contributed by atoms with van der Waals surface area (Å²) in [6, 6.07) is 0. The van der Waals surface area contributed by atoms with Crippen LogP contribution < -0.4 is 0 Å². The molecule has 0 aromatic heterocycles. The Kier molecular flexibility index (Phi) is 7.59. The molecule has 68 valence electrons. The van der Waals surface area contributed by atoms with Gasteiger partial charge in [0, 0.05) is 6.61 Å². The molecule has 3 nitrogen and oxygen atoms in total. The van der Waals surface area contributed by atoms with Gasteiger partial charge in [-0.25, -0.2) is 0 Å². The lowest BCUT2D eigenvalue weighted by Gasteiger charge is -2.09. The maximum Gasteiger partial charge on any atom is 0.787 e. The second-order valence-electron chi connectivity index (χ2n) is 2.12. The van der Waals surface area contributed by atoms with Gasteiger partial charge in [-0.2, -0.15) is 0 Å². The molecule has 0 amide bonds. The predicted molar refractivity (Wildman–Crippen MR) is 49.2 cm³/mol. The van der Waals surface area contributed by atoms with Crippen molar-refractivity contribution in [3.05, 3.63) is 25.7 Å². The van der Waals surface area contributed by atoms with Crippen molar-refractivity contribution >= 4 is 7.32 Å². The SMILES string of the molecule is C=COB(OC=C)OCCCC. The Bertz CT molecular complexity index is 117. The van der Waals surface area contributed by atoms with E-state index in [1.165, 1.54) is 12.5 Å². The first-order valence-electron chi connectivity index (χ1n) is 3.99. The van der Waals surface area contributed by atoms with E-state index in [1.54, 1.807) is 0 Å². The van der Waals surface area contributed by atoms with Crippen molar-refractivity contribution in [2.75, 3.05) is 6.61 Å². The predicted octanol–water partition coefficient (Wildman–Crippen LogP) is 2.11. The van der Waals surface area contributed by atoms with Crippen LogP contribution in [-0.4, -0.2) is 13.9 Å². The van der Waals surface area contributed by atoms with Gasteiger partial charge in [-0.15, -0.1) is 0 Å². The Balaban J connectivity index is 3.47. The molecule has 12 heavy (non-hydrogen) atoms. The minimum absolute atomic E-state index is 0.614. The minimum Gasteiger partial charge on any atom is -0.508 e. The zero-order valence-electron chi connectivity index (χ0n) is 7.49. The standard InChI is InChI=1S/C8H15BO3/c1-4-7-8-12-9(10-5-2)11-6-3/h5-6H,2-4,7-8H2,1H3. The Hall–Kier alpha value is -0.895. The normalized spacial score (nSPS) is 8.75. The number of rotatable bonds is 8. The molecule has 0 aliphatic carbocycles. The van der Waals surface area contributed by atoms with Crippen molar-refractivity contribution in [3.63, 3.8) is 0 Å². The van der Waals surface area contributed by atoms with Crippen molar-refractivity contribution in [3.8, 4) is 0 Å². The maximum atomic E-state index is 5.18. The van der Waals surface area contributed by atoms with Crippen LogP contribution in [0.5, 0.6) is 0 Å². The van der Waals surface area contributed by atoms with E-state index in [9.17, 15) is 0 Å². The van der Waals surface area contributed by atoms with Crippen molar-refractivity contribution < 1.29 is 14.0 Å². The molecule has 0 N–H and O–H groups in total. The molecule has 0 saturated heterocycles.